The van der Waals surface area contributed by atoms with Crippen LogP contribution in [-0.2, 0) is 5.41 Å². The molecule has 9 aromatic rings. The number of aromatic nitrogens is 2. The van der Waals surface area contributed by atoms with Gasteiger partial charge in [-0.25, -0.2) is 9.97 Å². The summed E-state index contributed by atoms with van der Waals surface area (Å²) in [5, 5.41) is 9.68. The minimum absolute atomic E-state index is 0.633. The predicted octanol–water partition coefficient (Wildman–Crippen LogP) is 13.2. The molecule has 1 aliphatic heterocycles. The van der Waals surface area contributed by atoms with Gasteiger partial charge in [0.1, 0.15) is 11.5 Å². The third kappa shape index (κ3) is 5.15. The maximum atomic E-state index is 9.68. The van der Waals surface area contributed by atoms with Crippen molar-refractivity contribution in [1.82, 2.24) is 9.97 Å². The summed E-state index contributed by atoms with van der Waals surface area (Å²) in [6, 6.07) is 71.9. The number of hydrogen-bond acceptors (Lipinski definition) is 4. The van der Waals surface area contributed by atoms with Crippen LogP contribution >= 0.6 is 0 Å². The Balaban J connectivity index is 1.18. The van der Waals surface area contributed by atoms with E-state index in [9.17, 15) is 5.26 Å². The van der Waals surface area contributed by atoms with Crippen molar-refractivity contribution in [3.8, 4) is 84.9 Å². The Labute approximate surface area is 337 Å². The van der Waals surface area contributed by atoms with E-state index in [1.54, 1.807) is 0 Å². The molecule has 4 nitrogen and oxygen atoms in total. The van der Waals surface area contributed by atoms with E-state index in [0.29, 0.717) is 11.4 Å². The number of benzene rings is 8. The molecule has 1 aliphatic carbocycles. The van der Waals surface area contributed by atoms with Crippen molar-refractivity contribution in [2.75, 3.05) is 0 Å². The molecule has 270 valence electrons. The fourth-order valence-corrected chi connectivity index (χ4v) is 9.11. The van der Waals surface area contributed by atoms with E-state index in [2.05, 4.69) is 146 Å². The van der Waals surface area contributed by atoms with Crippen molar-refractivity contribution in [3.05, 3.63) is 228 Å². The number of nitriles is 1. The number of nitrogens with zero attached hydrogens (tertiary/aromatic N) is 3. The van der Waals surface area contributed by atoms with Gasteiger partial charge in [-0.3, -0.25) is 0 Å². The van der Waals surface area contributed by atoms with E-state index in [0.717, 1.165) is 73.0 Å². The minimum Gasteiger partial charge on any atom is -0.457 e. The largest absolute Gasteiger partial charge is 0.457 e. The molecule has 2 aliphatic rings. The fraction of sp³-hybridized carbons (Fsp3) is 0.0185. The molecule has 0 atom stereocenters. The van der Waals surface area contributed by atoms with E-state index in [4.69, 9.17) is 14.7 Å². The maximum Gasteiger partial charge on any atom is 0.160 e. The summed E-state index contributed by atoms with van der Waals surface area (Å²) >= 11 is 0. The van der Waals surface area contributed by atoms with Gasteiger partial charge in [-0.2, -0.15) is 5.26 Å². The van der Waals surface area contributed by atoms with E-state index < -0.39 is 5.41 Å². The standard InChI is InChI=1S/C54H33N3O/c55-34-35-28-30-36(31-29-35)41-20-12-24-45-51(41)52-42(21-13-25-46(52)54(45)43-22-7-9-26-49(43)58-50-27-10-8-23-44(50)54)39-18-11-19-40(32-39)48-33-47(37-14-3-1-4-15-37)56-53(57-48)38-16-5-2-6-17-38/h1-33H. The molecule has 0 saturated heterocycles. The lowest BCUT2D eigenvalue weighted by molar-refractivity contribution is 0.436. The van der Waals surface area contributed by atoms with E-state index in [1.165, 1.54) is 22.3 Å². The van der Waals surface area contributed by atoms with Gasteiger partial charge in [0.05, 0.1) is 28.4 Å². The highest BCUT2D eigenvalue weighted by Gasteiger charge is 2.52. The van der Waals surface area contributed by atoms with Crippen LogP contribution < -0.4 is 4.74 Å². The van der Waals surface area contributed by atoms with E-state index in [1.807, 2.05) is 60.7 Å². The molecule has 8 aromatic carbocycles. The van der Waals surface area contributed by atoms with E-state index in [-0.39, 0.29) is 0 Å². The fourth-order valence-electron chi connectivity index (χ4n) is 9.11. The van der Waals surface area contributed by atoms with Gasteiger partial charge < -0.3 is 4.74 Å². The average Bonchev–Trinajstić information content (AvgIpc) is 3.60. The summed E-state index contributed by atoms with van der Waals surface area (Å²) in [7, 11) is 0. The van der Waals surface area contributed by atoms with Crippen LogP contribution in [0, 0.1) is 11.3 Å². The molecular weight excluding hydrogens is 707 g/mol. The van der Waals surface area contributed by atoms with Crippen molar-refractivity contribution in [3.63, 3.8) is 0 Å². The van der Waals surface area contributed by atoms with Gasteiger partial charge in [0.15, 0.2) is 5.82 Å². The van der Waals surface area contributed by atoms with Crippen LogP contribution in [-0.4, -0.2) is 9.97 Å². The molecule has 4 heteroatoms. The lowest BCUT2D eigenvalue weighted by atomic mass is 9.66. The lowest BCUT2D eigenvalue weighted by Crippen LogP contribution is -2.32. The molecule has 58 heavy (non-hydrogen) atoms. The lowest BCUT2D eigenvalue weighted by Gasteiger charge is -2.39. The normalized spacial score (nSPS) is 12.7. The van der Waals surface area contributed by atoms with Gasteiger partial charge in [-0.15, -0.1) is 0 Å². The molecule has 0 saturated carbocycles. The molecule has 0 radical (unpaired) electrons. The smallest absolute Gasteiger partial charge is 0.160 e. The third-order valence-corrected chi connectivity index (χ3v) is 11.6. The van der Waals surface area contributed by atoms with Crippen LogP contribution in [0.4, 0.5) is 0 Å². The van der Waals surface area contributed by atoms with Crippen LogP contribution in [0.15, 0.2) is 200 Å². The van der Waals surface area contributed by atoms with Crippen molar-refractivity contribution in [1.29, 1.82) is 5.26 Å². The first kappa shape index (κ1) is 33.5. The first-order valence-electron chi connectivity index (χ1n) is 19.5. The molecule has 1 aromatic heterocycles. The number of fused-ring (bicyclic) bond motifs is 9. The molecule has 2 heterocycles. The molecule has 1 spiro atoms. The summed E-state index contributed by atoms with van der Waals surface area (Å²) in [5.41, 5.74) is 16.1. The maximum absolute atomic E-state index is 9.68. The Kier molecular flexibility index (Phi) is 7.74. The molecule has 0 N–H and O–H groups in total. The number of para-hydroxylation sites is 2. The van der Waals surface area contributed by atoms with Gasteiger partial charge in [-0.05, 0) is 80.9 Å². The van der Waals surface area contributed by atoms with Gasteiger partial charge in [-0.1, -0.05) is 164 Å². The van der Waals surface area contributed by atoms with Crippen LogP contribution in [0.2, 0.25) is 0 Å². The van der Waals surface area contributed by atoms with Crippen molar-refractivity contribution in [2.45, 2.75) is 5.41 Å². The average molecular weight is 740 g/mol. The monoisotopic (exact) mass is 739 g/mol. The van der Waals surface area contributed by atoms with Crippen molar-refractivity contribution < 1.29 is 4.74 Å². The summed E-state index contributed by atoms with van der Waals surface area (Å²) in [4.78, 5) is 10.2. The predicted molar refractivity (Wildman–Crippen MR) is 231 cm³/mol. The van der Waals surface area contributed by atoms with E-state index >= 15 is 0 Å². The molecule has 0 bridgehead atoms. The quantitative estimate of drug-likeness (QED) is 0.176. The molecule has 0 fully saturated rings. The van der Waals surface area contributed by atoms with Crippen LogP contribution in [0.3, 0.4) is 0 Å². The first-order chi connectivity index (χ1) is 28.7. The Morgan fingerprint density at radius 2 is 0.879 bits per heavy atom. The molecular formula is C54H33N3O. The van der Waals surface area contributed by atoms with Gasteiger partial charge in [0.25, 0.3) is 0 Å². The Morgan fingerprint density at radius 1 is 0.397 bits per heavy atom. The SMILES string of the molecule is N#Cc1ccc(-c2cccc3c2-c2c(-c4cccc(-c5cc(-c6ccccc6)nc(-c6ccccc6)n5)c4)cccc2C32c3ccccc3Oc3ccccc32)cc1. The van der Waals surface area contributed by atoms with Gasteiger partial charge in [0.2, 0.25) is 0 Å². The third-order valence-electron chi connectivity index (χ3n) is 11.6. The summed E-state index contributed by atoms with van der Waals surface area (Å²) in [6.45, 7) is 0. The highest BCUT2D eigenvalue weighted by molar-refractivity contribution is 6.02. The summed E-state index contributed by atoms with van der Waals surface area (Å²) in [6.07, 6.45) is 0. The highest BCUT2D eigenvalue weighted by Crippen LogP contribution is 2.64. The zero-order valence-electron chi connectivity index (χ0n) is 31.3. The number of rotatable bonds is 5. The van der Waals surface area contributed by atoms with Gasteiger partial charge >= 0.3 is 0 Å². The zero-order valence-corrected chi connectivity index (χ0v) is 31.3. The minimum atomic E-state index is -0.645. The second kappa shape index (κ2) is 13.4. The van der Waals surface area contributed by atoms with Crippen molar-refractivity contribution in [2.24, 2.45) is 0 Å². The Hall–Kier alpha value is -7.87. The zero-order chi connectivity index (χ0) is 38.6. The topological polar surface area (TPSA) is 58.8 Å². The number of hydrogen-bond donors (Lipinski definition) is 0. The number of ether oxygens (including phenoxy) is 1. The highest BCUT2D eigenvalue weighted by atomic mass is 16.5. The second-order valence-electron chi connectivity index (χ2n) is 14.8. The van der Waals surface area contributed by atoms with Crippen LogP contribution in [0.5, 0.6) is 11.5 Å². The Bertz CT molecular complexity index is 2990. The van der Waals surface area contributed by atoms with Crippen molar-refractivity contribution >= 4 is 0 Å². The molecule has 11 rings (SSSR count). The summed E-state index contributed by atoms with van der Waals surface area (Å²) in [5.74, 6) is 2.38. The van der Waals surface area contributed by atoms with Crippen LogP contribution in [0.25, 0.3) is 67.3 Å². The first-order valence-corrected chi connectivity index (χ1v) is 19.5. The molecule has 0 amide bonds. The van der Waals surface area contributed by atoms with Gasteiger partial charge in [0, 0.05) is 27.8 Å². The van der Waals surface area contributed by atoms with Crippen LogP contribution in [0.1, 0.15) is 27.8 Å². The summed E-state index contributed by atoms with van der Waals surface area (Å²) < 4.78 is 6.65. The Morgan fingerprint density at radius 3 is 1.50 bits per heavy atom. The molecule has 0 unspecified atom stereocenters. The second-order valence-corrected chi connectivity index (χ2v) is 14.8.